The Morgan fingerprint density at radius 2 is 0.618 bits per heavy atom. The molecular formula is C70H135NO5. The number of unbranched alkanes of at least 4 members (excludes halogenated alkanes) is 52. The molecule has 0 rings (SSSR count). The maximum Gasteiger partial charge on any atom is 0.305 e. The molecule has 1 amide bonds. The fourth-order valence-electron chi connectivity index (χ4n) is 10.9. The lowest BCUT2D eigenvalue weighted by Gasteiger charge is -2.20. The Balaban J connectivity index is 3.39. The van der Waals surface area contributed by atoms with E-state index >= 15 is 0 Å². The smallest absolute Gasteiger partial charge is 0.305 e. The number of carbonyl (C=O) groups is 2. The van der Waals surface area contributed by atoms with Gasteiger partial charge in [0.15, 0.2) is 0 Å². The first-order chi connectivity index (χ1) is 37.5. The van der Waals surface area contributed by atoms with Crippen molar-refractivity contribution >= 4 is 11.9 Å². The summed E-state index contributed by atoms with van der Waals surface area (Å²) in [7, 11) is 0. The second kappa shape index (κ2) is 65.9. The number of esters is 1. The molecule has 2 atom stereocenters. The maximum atomic E-state index is 12.5. The second-order valence-electron chi connectivity index (χ2n) is 23.9. The second-order valence-corrected chi connectivity index (χ2v) is 23.9. The largest absolute Gasteiger partial charge is 0.466 e. The molecule has 3 N–H and O–H groups in total. The van der Waals surface area contributed by atoms with Crippen LogP contribution in [-0.4, -0.2) is 47.4 Å². The minimum Gasteiger partial charge on any atom is -0.466 e. The van der Waals surface area contributed by atoms with Crippen molar-refractivity contribution in [2.24, 2.45) is 0 Å². The summed E-state index contributed by atoms with van der Waals surface area (Å²) in [5.74, 6) is -0.0487. The van der Waals surface area contributed by atoms with Gasteiger partial charge in [-0.3, -0.25) is 9.59 Å². The number of carbonyl (C=O) groups excluding carboxylic acids is 2. The summed E-state index contributed by atoms with van der Waals surface area (Å²) >= 11 is 0. The van der Waals surface area contributed by atoms with Gasteiger partial charge in [-0.15, -0.1) is 0 Å². The molecule has 0 aromatic carbocycles. The van der Waals surface area contributed by atoms with Crippen LogP contribution < -0.4 is 5.32 Å². The summed E-state index contributed by atoms with van der Waals surface area (Å²) in [6.45, 7) is 4.94. The molecule has 6 heteroatoms. The van der Waals surface area contributed by atoms with Gasteiger partial charge in [0.05, 0.1) is 25.4 Å². The number of hydrogen-bond acceptors (Lipinski definition) is 5. The van der Waals surface area contributed by atoms with E-state index in [2.05, 4.69) is 31.3 Å². The number of aliphatic hydroxyl groups is 2. The Kier molecular flexibility index (Phi) is 64.4. The van der Waals surface area contributed by atoms with Crippen LogP contribution in [0.1, 0.15) is 386 Å². The molecule has 6 nitrogen and oxygen atoms in total. The Morgan fingerprint density at radius 1 is 0.355 bits per heavy atom. The van der Waals surface area contributed by atoms with E-state index in [0.29, 0.717) is 19.4 Å². The topological polar surface area (TPSA) is 95.9 Å². The molecule has 0 radical (unpaired) electrons. The molecule has 0 aliphatic carbocycles. The van der Waals surface area contributed by atoms with Gasteiger partial charge in [-0.2, -0.15) is 0 Å². The molecule has 0 heterocycles. The Bertz CT molecular complexity index is 1190. The van der Waals surface area contributed by atoms with Crippen molar-refractivity contribution in [1.29, 1.82) is 0 Å². The third-order valence-corrected chi connectivity index (χ3v) is 16.2. The lowest BCUT2D eigenvalue weighted by Crippen LogP contribution is -2.45. The normalized spacial score (nSPS) is 12.6. The molecule has 2 unspecified atom stereocenters. The van der Waals surface area contributed by atoms with E-state index < -0.39 is 12.1 Å². The molecule has 450 valence electrons. The van der Waals surface area contributed by atoms with Crippen molar-refractivity contribution in [2.75, 3.05) is 13.2 Å². The van der Waals surface area contributed by atoms with Crippen molar-refractivity contribution in [3.05, 3.63) is 24.3 Å². The number of rotatable bonds is 65. The summed E-state index contributed by atoms with van der Waals surface area (Å²) in [5, 5.41) is 23.2. The average Bonchev–Trinajstić information content (AvgIpc) is 3.42. The van der Waals surface area contributed by atoms with E-state index in [1.165, 1.54) is 321 Å². The predicted molar refractivity (Wildman–Crippen MR) is 333 cm³/mol. The first-order valence-corrected chi connectivity index (χ1v) is 34.6. The highest BCUT2D eigenvalue weighted by Crippen LogP contribution is 2.18. The van der Waals surface area contributed by atoms with Crippen LogP contribution in [0, 0.1) is 0 Å². The summed E-state index contributed by atoms with van der Waals surface area (Å²) in [4.78, 5) is 24.6. The monoisotopic (exact) mass is 1070 g/mol. The van der Waals surface area contributed by atoms with Gasteiger partial charge in [0, 0.05) is 12.8 Å². The third kappa shape index (κ3) is 61.6. The van der Waals surface area contributed by atoms with Crippen LogP contribution in [-0.2, 0) is 14.3 Å². The highest BCUT2D eigenvalue weighted by molar-refractivity contribution is 5.76. The first-order valence-electron chi connectivity index (χ1n) is 34.6. The highest BCUT2D eigenvalue weighted by Gasteiger charge is 2.18. The molecular weight excluding hydrogens is 935 g/mol. The SMILES string of the molecule is CCCCCCCCCCCCCCCC/C=C/C(O)C(CO)NC(=O)CCCCCCCCCCCC/C=C\CCCCCCCCCCCCCCOC(=O)CCCCCCCCCCCCCCCCCCC. The molecule has 0 fully saturated rings. The molecule has 0 aliphatic heterocycles. The summed E-state index contributed by atoms with van der Waals surface area (Å²) in [6.07, 6.45) is 82.5. The molecule has 0 aromatic rings. The van der Waals surface area contributed by atoms with Gasteiger partial charge in [-0.05, 0) is 57.8 Å². The van der Waals surface area contributed by atoms with Gasteiger partial charge in [-0.1, -0.05) is 340 Å². The van der Waals surface area contributed by atoms with Gasteiger partial charge < -0.3 is 20.3 Å². The van der Waals surface area contributed by atoms with E-state index in [4.69, 9.17) is 4.74 Å². The fraction of sp³-hybridized carbons (Fsp3) is 0.914. The molecule has 0 spiro atoms. The Hall–Kier alpha value is -1.66. The number of ether oxygens (including phenoxy) is 1. The van der Waals surface area contributed by atoms with Crippen LogP contribution in [0.3, 0.4) is 0 Å². The van der Waals surface area contributed by atoms with E-state index in [0.717, 1.165) is 38.5 Å². The van der Waals surface area contributed by atoms with Crippen molar-refractivity contribution < 1.29 is 24.5 Å². The Morgan fingerprint density at radius 3 is 0.934 bits per heavy atom. The van der Waals surface area contributed by atoms with E-state index in [1.54, 1.807) is 6.08 Å². The predicted octanol–water partition coefficient (Wildman–Crippen LogP) is 22.1. The van der Waals surface area contributed by atoms with Gasteiger partial charge in [0.1, 0.15) is 0 Å². The van der Waals surface area contributed by atoms with Crippen LogP contribution in [0.2, 0.25) is 0 Å². The fourth-order valence-corrected chi connectivity index (χ4v) is 10.9. The molecule has 0 aliphatic rings. The average molecular weight is 1070 g/mol. The van der Waals surface area contributed by atoms with Crippen LogP contribution in [0.25, 0.3) is 0 Å². The van der Waals surface area contributed by atoms with Crippen molar-refractivity contribution in [3.8, 4) is 0 Å². The van der Waals surface area contributed by atoms with E-state index in [-0.39, 0.29) is 18.5 Å². The lowest BCUT2D eigenvalue weighted by molar-refractivity contribution is -0.143. The van der Waals surface area contributed by atoms with Gasteiger partial charge in [0.25, 0.3) is 0 Å². The minimum absolute atomic E-state index is 0.0185. The van der Waals surface area contributed by atoms with E-state index in [1.807, 2.05) is 6.08 Å². The van der Waals surface area contributed by atoms with E-state index in [9.17, 15) is 19.8 Å². The lowest BCUT2D eigenvalue weighted by atomic mass is 10.0. The van der Waals surface area contributed by atoms with Crippen molar-refractivity contribution in [1.82, 2.24) is 5.32 Å². The number of nitrogens with one attached hydrogen (secondary N) is 1. The van der Waals surface area contributed by atoms with Gasteiger partial charge in [-0.25, -0.2) is 0 Å². The number of allylic oxidation sites excluding steroid dienone is 3. The number of aliphatic hydroxyl groups excluding tert-OH is 2. The molecule has 0 saturated heterocycles. The van der Waals surface area contributed by atoms with Crippen LogP contribution in [0.15, 0.2) is 24.3 Å². The van der Waals surface area contributed by atoms with Crippen molar-refractivity contribution in [2.45, 2.75) is 398 Å². The zero-order valence-corrected chi connectivity index (χ0v) is 51.5. The zero-order valence-electron chi connectivity index (χ0n) is 51.5. The Labute approximate surface area is 475 Å². The maximum absolute atomic E-state index is 12.5. The highest BCUT2D eigenvalue weighted by atomic mass is 16.5. The summed E-state index contributed by atoms with van der Waals surface area (Å²) in [5.41, 5.74) is 0. The van der Waals surface area contributed by atoms with Gasteiger partial charge >= 0.3 is 5.97 Å². The molecule has 0 bridgehead atoms. The molecule has 0 saturated carbocycles. The number of hydrogen-bond donors (Lipinski definition) is 3. The standard InChI is InChI=1S/C70H135NO5/c1-3-5-7-9-11-13-15-17-19-31-36-40-44-48-52-56-60-64-70(75)76-65-61-57-53-49-45-41-37-33-30-28-26-24-22-21-23-25-27-29-32-35-39-43-47-51-55-59-63-69(74)71-67(66-72)68(73)62-58-54-50-46-42-38-34-20-18-16-14-12-10-8-6-4-2/h21,23,58,62,67-68,72-73H,3-20,22,24-57,59-61,63-66H2,1-2H3,(H,71,74)/b23-21-,62-58+. The minimum atomic E-state index is -0.845. The summed E-state index contributed by atoms with van der Waals surface area (Å²) < 4.78 is 5.50. The van der Waals surface area contributed by atoms with Crippen LogP contribution in [0.4, 0.5) is 0 Å². The van der Waals surface area contributed by atoms with Crippen LogP contribution in [0.5, 0.6) is 0 Å². The van der Waals surface area contributed by atoms with Gasteiger partial charge in [0.2, 0.25) is 5.91 Å². The molecule has 76 heavy (non-hydrogen) atoms. The summed E-state index contributed by atoms with van der Waals surface area (Å²) in [6, 6.07) is -0.629. The third-order valence-electron chi connectivity index (χ3n) is 16.2. The first kappa shape index (κ1) is 74.3. The quantitative estimate of drug-likeness (QED) is 0.0320. The van der Waals surface area contributed by atoms with Crippen molar-refractivity contribution in [3.63, 3.8) is 0 Å². The zero-order chi connectivity index (χ0) is 55.0. The van der Waals surface area contributed by atoms with Crippen LogP contribution >= 0.6 is 0 Å². The number of amides is 1. The molecule has 0 aromatic heterocycles.